The summed E-state index contributed by atoms with van der Waals surface area (Å²) in [4.78, 5) is 18.5. The lowest BCUT2D eigenvalue weighted by molar-refractivity contribution is -0.139. The second kappa shape index (κ2) is 9.23. The topological polar surface area (TPSA) is 69.0 Å². The number of ether oxygens (including phenoxy) is 1. The number of esters is 1. The monoisotopic (exact) mass is 458 g/mol. The van der Waals surface area contributed by atoms with Crippen LogP contribution in [-0.2, 0) is 15.3 Å². The molecule has 0 amide bonds. The summed E-state index contributed by atoms with van der Waals surface area (Å²) in [5.74, 6) is 0.365. The Morgan fingerprint density at radius 1 is 1.32 bits per heavy atom. The maximum Gasteiger partial charge on any atom is 0.338 e. The van der Waals surface area contributed by atoms with E-state index in [1.54, 1.807) is 28.2 Å². The summed E-state index contributed by atoms with van der Waals surface area (Å²) in [6.07, 6.45) is 0.750. The number of nitrogens with one attached hydrogen (secondary N) is 1. The van der Waals surface area contributed by atoms with E-state index in [9.17, 15) is 9.18 Å². The molecule has 1 aromatic carbocycles. The van der Waals surface area contributed by atoms with Crippen LogP contribution in [0.1, 0.15) is 42.3 Å². The number of allylic oxidation sites excluding steroid dienone is 1. The van der Waals surface area contributed by atoms with Gasteiger partial charge in [0.05, 0.1) is 12.2 Å². The summed E-state index contributed by atoms with van der Waals surface area (Å²) in [5, 5.41) is 10.4. The summed E-state index contributed by atoms with van der Waals surface area (Å²) in [6, 6.07) is 8.28. The normalized spacial score (nSPS) is 15.5. The van der Waals surface area contributed by atoms with E-state index in [0.717, 1.165) is 16.9 Å². The fourth-order valence-corrected chi connectivity index (χ4v) is 5.23. The fourth-order valence-electron chi connectivity index (χ4n) is 3.39. The highest BCUT2D eigenvalue weighted by atomic mass is 32.2. The summed E-state index contributed by atoms with van der Waals surface area (Å²) in [5.41, 5.74) is 2.90. The number of thioether (sulfide) groups is 1. The molecule has 1 atom stereocenters. The summed E-state index contributed by atoms with van der Waals surface area (Å²) >= 11 is 2.93. The number of rotatable bonds is 7. The Balaban J connectivity index is 1.68. The van der Waals surface area contributed by atoms with Crippen LogP contribution in [0.15, 0.2) is 52.1 Å². The van der Waals surface area contributed by atoms with Crippen LogP contribution in [0.2, 0.25) is 0 Å². The Bertz CT molecular complexity index is 1140. The lowest BCUT2D eigenvalue weighted by Gasteiger charge is -2.27. The van der Waals surface area contributed by atoms with E-state index in [1.165, 1.54) is 17.8 Å². The number of thiophene rings is 1. The molecule has 2 aromatic heterocycles. The molecule has 1 N–H and O–H groups in total. The van der Waals surface area contributed by atoms with E-state index in [0.29, 0.717) is 40.3 Å². The molecule has 0 aliphatic carbocycles. The fraction of sp³-hybridized carbons (Fsp3) is 0.318. The van der Waals surface area contributed by atoms with E-state index >= 15 is 0 Å². The van der Waals surface area contributed by atoms with Crippen molar-refractivity contribution in [3.63, 3.8) is 0 Å². The van der Waals surface area contributed by atoms with E-state index in [-0.39, 0.29) is 11.8 Å². The minimum absolute atomic E-state index is 0.248. The molecule has 0 saturated heterocycles. The molecular formula is C22H23FN4O2S2. The van der Waals surface area contributed by atoms with E-state index in [1.807, 2.05) is 38.3 Å². The van der Waals surface area contributed by atoms with Crippen LogP contribution in [-0.4, -0.2) is 27.3 Å². The van der Waals surface area contributed by atoms with Crippen molar-refractivity contribution in [2.24, 2.45) is 0 Å². The van der Waals surface area contributed by atoms with Gasteiger partial charge in [-0.3, -0.25) is 0 Å². The molecule has 1 aliphatic heterocycles. The molecule has 0 bridgehead atoms. The lowest BCUT2D eigenvalue weighted by atomic mass is 10.00. The van der Waals surface area contributed by atoms with Gasteiger partial charge in [-0.25, -0.2) is 13.9 Å². The molecule has 6 nitrogen and oxygen atoms in total. The quantitative estimate of drug-likeness (QED) is 0.382. The van der Waals surface area contributed by atoms with Crippen LogP contribution in [0.25, 0.3) is 0 Å². The SMILES string of the molecule is CCCOC(=O)C1=C(C)Nc2nc(SCc3ccccc3F)nn2C1c1sccc1C. The van der Waals surface area contributed by atoms with Gasteiger partial charge < -0.3 is 10.1 Å². The zero-order chi connectivity index (χ0) is 22.0. The highest BCUT2D eigenvalue weighted by Crippen LogP contribution is 2.40. The van der Waals surface area contributed by atoms with Crippen LogP contribution >= 0.6 is 23.1 Å². The average Bonchev–Trinajstić information content (AvgIpc) is 3.36. The van der Waals surface area contributed by atoms with Crippen LogP contribution in [0.5, 0.6) is 0 Å². The maximum absolute atomic E-state index is 14.0. The van der Waals surface area contributed by atoms with Gasteiger partial charge in [-0.2, -0.15) is 4.98 Å². The Hall–Kier alpha value is -2.65. The highest BCUT2D eigenvalue weighted by molar-refractivity contribution is 7.98. The highest BCUT2D eigenvalue weighted by Gasteiger charge is 2.36. The lowest BCUT2D eigenvalue weighted by Crippen LogP contribution is -2.29. The van der Waals surface area contributed by atoms with Crippen molar-refractivity contribution in [3.8, 4) is 0 Å². The first-order valence-corrected chi connectivity index (χ1v) is 11.9. The number of hydrogen-bond donors (Lipinski definition) is 1. The number of halogens is 1. The van der Waals surface area contributed by atoms with E-state index in [4.69, 9.17) is 4.74 Å². The van der Waals surface area contributed by atoms with Crippen molar-refractivity contribution < 1.29 is 13.9 Å². The first-order chi connectivity index (χ1) is 15.0. The zero-order valence-corrected chi connectivity index (χ0v) is 19.1. The van der Waals surface area contributed by atoms with Gasteiger partial charge in [-0.05, 0) is 48.9 Å². The third-order valence-electron chi connectivity index (χ3n) is 4.96. The molecule has 162 valence electrons. The van der Waals surface area contributed by atoms with E-state index < -0.39 is 6.04 Å². The molecule has 3 heterocycles. The standard InChI is InChI=1S/C22H23FN4O2S2/c1-4-10-29-20(28)17-14(3)24-21-25-22(31-12-15-7-5-6-8-16(15)23)26-27(21)18(17)19-13(2)9-11-30-19/h5-9,11,18H,4,10,12H2,1-3H3,(H,24,25,26). The molecule has 4 rings (SSSR count). The molecule has 0 fully saturated rings. The molecule has 0 radical (unpaired) electrons. The molecule has 9 heteroatoms. The Morgan fingerprint density at radius 2 is 2.13 bits per heavy atom. The van der Waals surface area contributed by atoms with Crippen molar-refractivity contribution in [1.29, 1.82) is 0 Å². The second-order valence-electron chi connectivity index (χ2n) is 7.21. The van der Waals surface area contributed by atoms with Crippen LogP contribution in [0.3, 0.4) is 0 Å². The van der Waals surface area contributed by atoms with E-state index in [2.05, 4.69) is 15.4 Å². The number of benzene rings is 1. The van der Waals surface area contributed by atoms with Gasteiger partial charge in [0.25, 0.3) is 0 Å². The largest absolute Gasteiger partial charge is 0.462 e. The third-order valence-corrected chi connectivity index (χ3v) is 6.91. The molecule has 31 heavy (non-hydrogen) atoms. The van der Waals surface area contributed by atoms with Crippen LogP contribution < -0.4 is 5.32 Å². The second-order valence-corrected chi connectivity index (χ2v) is 9.10. The van der Waals surface area contributed by atoms with Crippen molar-refractivity contribution in [2.75, 3.05) is 11.9 Å². The first-order valence-electron chi connectivity index (χ1n) is 10.0. The molecule has 1 aliphatic rings. The minimum atomic E-state index is -0.420. The zero-order valence-electron chi connectivity index (χ0n) is 17.5. The predicted molar refractivity (Wildman–Crippen MR) is 121 cm³/mol. The van der Waals surface area contributed by atoms with Gasteiger partial charge >= 0.3 is 5.97 Å². The molecular weight excluding hydrogens is 435 g/mol. The van der Waals surface area contributed by atoms with Gasteiger partial charge in [0.1, 0.15) is 11.9 Å². The minimum Gasteiger partial charge on any atom is -0.462 e. The van der Waals surface area contributed by atoms with Crippen LogP contribution in [0, 0.1) is 12.7 Å². The summed E-state index contributed by atoms with van der Waals surface area (Å²) in [6.45, 7) is 6.19. The Kier molecular flexibility index (Phi) is 6.43. The average molecular weight is 459 g/mol. The van der Waals surface area contributed by atoms with Gasteiger partial charge in [-0.1, -0.05) is 36.9 Å². The maximum atomic E-state index is 14.0. The number of aryl methyl sites for hydroxylation is 1. The van der Waals surface area contributed by atoms with Gasteiger partial charge in [-0.15, -0.1) is 16.4 Å². The molecule has 3 aromatic rings. The van der Waals surface area contributed by atoms with Gasteiger partial charge in [0.2, 0.25) is 11.1 Å². The Labute approximate surface area is 188 Å². The van der Waals surface area contributed by atoms with Gasteiger partial charge in [0.15, 0.2) is 0 Å². The third kappa shape index (κ3) is 4.38. The molecule has 0 saturated carbocycles. The van der Waals surface area contributed by atoms with Gasteiger partial charge in [0, 0.05) is 16.3 Å². The number of fused-ring (bicyclic) bond motifs is 1. The summed E-state index contributed by atoms with van der Waals surface area (Å²) < 4.78 is 21.2. The molecule has 1 unspecified atom stereocenters. The number of aromatic nitrogens is 3. The van der Waals surface area contributed by atoms with Crippen molar-refractivity contribution in [1.82, 2.24) is 14.8 Å². The molecule has 0 spiro atoms. The van der Waals surface area contributed by atoms with Crippen molar-refractivity contribution in [2.45, 2.75) is 44.1 Å². The van der Waals surface area contributed by atoms with Crippen LogP contribution in [0.4, 0.5) is 10.3 Å². The van der Waals surface area contributed by atoms with Crippen molar-refractivity contribution in [3.05, 3.63) is 68.8 Å². The number of carbonyl (C=O) groups excluding carboxylic acids is 1. The number of carbonyl (C=O) groups is 1. The number of nitrogens with zero attached hydrogens (tertiary/aromatic N) is 3. The number of hydrogen-bond acceptors (Lipinski definition) is 7. The predicted octanol–water partition coefficient (Wildman–Crippen LogP) is 5.32. The smallest absolute Gasteiger partial charge is 0.338 e. The summed E-state index contributed by atoms with van der Waals surface area (Å²) in [7, 11) is 0. The Morgan fingerprint density at radius 3 is 2.84 bits per heavy atom. The van der Waals surface area contributed by atoms with Crippen molar-refractivity contribution >= 4 is 35.0 Å². The number of anilines is 1. The first kappa shape index (κ1) is 21.6.